The number of halogens is 1. The molecule has 0 aromatic carbocycles. The highest BCUT2D eigenvalue weighted by molar-refractivity contribution is 6.14. The number of aromatic nitrogens is 2. The molecule has 3 rings (SSSR count). The summed E-state index contributed by atoms with van der Waals surface area (Å²) in [5.41, 5.74) is 1.58. The first-order valence-corrected chi connectivity index (χ1v) is 8.09. The predicted molar refractivity (Wildman–Crippen MR) is 96.6 cm³/mol. The van der Waals surface area contributed by atoms with Crippen LogP contribution in [0.15, 0.2) is 48.8 Å². The summed E-state index contributed by atoms with van der Waals surface area (Å²) in [6, 6.07) is 10.4. The van der Waals surface area contributed by atoms with Crippen LogP contribution in [0.3, 0.4) is 0 Å². The van der Waals surface area contributed by atoms with E-state index in [9.17, 15) is 14.4 Å². The number of urea groups is 1. The first-order chi connectivity index (χ1) is 12.1. The van der Waals surface area contributed by atoms with Crippen LogP contribution in [0.25, 0.3) is 0 Å². The van der Waals surface area contributed by atoms with Gasteiger partial charge in [0.25, 0.3) is 0 Å². The van der Waals surface area contributed by atoms with Crippen LogP contribution in [0.5, 0.6) is 0 Å². The zero-order valence-corrected chi connectivity index (χ0v) is 14.9. The van der Waals surface area contributed by atoms with Crippen molar-refractivity contribution < 1.29 is 14.4 Å². The van der Waals surface area contributed by atoms with Crippen molar-refractivity contribution in [2.45, 2.75) is 19.3 Å². The van der Waals surface area contributed by atoms with Crippen molar-refractivity contribution in [3.63, 3.8) is 0 Å². The third-order valence-electron chi connectivity index (χ3n) is 4.00. The first-order valence-electron chi connectivity index (χ1n) is 8.09. The number of rotatable bonds is 6. The molecule has 1 saturated heterocycles. The molecule has 7 nitrogen and oxygen atoms in total. The van der Waals surface area contributed by atoms with Crippen LogP contribution in [0.2, 0.25) is 0 Å². The van der Waals surface area contributed by atoms with E-state index in [1.807, 2.05) is 24.3 Å². The number of carbonyl (C=O) groups excluding carboxylic acids is 3. The number of amides is 4. The second-order valence-electron chi connectivity index (χ2n) is 5.69. The van der Waals surface area contributed by atoms with E-state index in [0.717, 1.165) is 21.2 Å². The number of barbiturate groups is 1. The molecule has 3 heterocycles. The van der Waals surface area contributed by atoms with Crippen LogP contribution in [-0.2, 0) is 22.4 Å². The Morgan fingerprint density at radius 3 is 1.62 bits per heavy atom. The lowest BCUT2D eigenvalue weighted by Crippen LogP contribution is -2.55. The van der Waals surface area contributed by atoms with E-state index in [-0.39, 0.29) is 31.9 Å². The van der Waals surface area contributed by atoms with Gasteiger partial charge in [-0.1, -0.05) is 12.1 Å². The van der Waals surface area contributed by atoms with Crippen LogP contribution in [0.1, 0.15) is 17.8 Å². The third-order valence-corrected chi connectivity index (χ3v) is 4.00. The van der Waals surface area contributed by atoms with E-state index in [1.165, 1.54) is 0 Å². The molecule has 0 atom stereocenters. The molecule has 8 heteroatoms. The molecule has 0 aliphatic carbocycles. The standard InChI is InChI=1S/C18H18N4O3.ClH/c23-16-13-17(24)22(12-8-15-6-2-4-10-20-15)18(25)21(16)11-7-14-5-1-3-9-19-14;/h1-6,9-10H,7-8,11-13H2;1H. The lowest BCUT2D eigenvalue weighted by molar-refractivity contribution is -0.142. The quantitative estimate of drug-likeness (QED) is 0.721. The Labute approximate surface area is 157 Å². The highest BCUT2D eigenvalue weighted by Crippen LogP contribution is 2.14. The number of hydrogen-bond acceptors (Lipinski definition) is 5. The van der Waals surface area contributed by atoms with Crippen LogP contribution < -0.4 is 0 Å². The minimum Gasteiger partial charge on any atom is -0.274 e. The minimum absolute atomic E-state index is 0. The molecule has 0 spiro atoms. The van der Waals surface area contributed by atoms with E-state index in [0.29, 0.717) is 12.8 Å². The monoisotopic (exact) mass is 374 g/mol. The molecular formula is C18H19ClN4O3. The highest BCUT2D eigenvalue weighted by Gasteiger charge is 2.37. The van der Waals surface area contributed by atoms with E-state index in [1.54, 1.807) is 24.5 Å². The van der Waals surface area contributed by atoms with Gasteiger partial charge in [0, 0.05) is 49.7 Å². The normalized spacial score (nSPS) is 14.4. The van der Waals surface area contributed by atoms with Gasteiger partial charge in [-0.2, -0.15) is 0 Å². The largest absolute Gasteiger partial charge is 0.333 e. The van der Waals surface area contributed by atoms with Crippen LogP contribution in [0, 0.1) is 0 Å². The molecule has 136 valence electrons. The van der Waals surface area contributed by atoms with Crippen LogP contribution >= 0.6 is 12.4 Å². The number of hydrogen-bond donors (Lipinski definition) is 0. The van der Waals surface area contributed by atoms with Crippen molar-refractivity contribution in [3.05, 3.63) is 60.2 Å². The summed E-state index contributed by atoms with van der Waals surface area (Å²) in [5.74, 6) is -0.917. The maximum atomic E-state index is 12.6. The Morgan fingerprint density at radius 1 is 0.769 bits per heavy atom. The molecule has 0 unspecified atom stereocenters. The smallest absolute Gasteiger partial charge is 0.274 e. The molecule has 0 radical (unpaired) electrons. The number of imide groups is 2. The molecule has 0 N–H and O–H groups in total. The van der Waals surface area contributed by atoms with Gasteiger partial charge in [0.1, 0.15) is 6.42 Å². The molecule has 4 amide bonds. The SMILES string of the molecule is Cl.O=C1CC(=O)N(CCc2ccccn2)C(=O)N1CCc1ccccn1. The van der Waals surface area contributed by atoms with E-state index < -0.39 is 17.8 Å². The Bertz CT molecular complexity index is 707. The summed E-state index contributed by atoms with van der Waals surface area (Å²) < 4.78 is 0. The zero-order valence-electron chi connectivity index (χ0n) is 14.1. The molecular weight excluding hydrogens is 356 g/mol. The van der Waals surface area contributed by atoms with Gasteiger partial charge in [0.05, 0.1) is 0 Å². The number of pyridine rings is 2. The summed E-state index contributed by atoms with van der Waals surface area (Å²) in [6.07, 6.45) is 3.97. The molecule has 2 aromatic rings. The van der Waals surface area contributed by atoms with E-state index >= 15 is 0 Å². The lowest BCUT2D eigenvalue weighted by atomic mass is 10.2. The van der Waals surface area contributed by atoms with Crippen LogP contribution in [-0.4, -0.2) is 50.7 Å². The van der Waals surface area contributed by atoms with E-state index in [2.05, 4.69) is 9.97 Å². The highest BCUT2D eigenvalue weighted by atomic mass is 35.5. The summed E-state index contributed by atoms with van der Waals surface area (Å²) in [4.78, 5) is 47.4. The van der Waals surface area contributed by atoms with Crippen LogP contribution in [0.4, 0.5) is 4.79 Å². The summed E-state index contributed by atoms with van der Waals surface area (Å²) >= 11 is 0. The fraction of sp³-hybridized carbons (Fsp3) is 0.278. The van der Waals surface area contributed by atoms with Gasteiger partial charge in [-0.25, -0.2) is 4.79 Å². The first kappa shape index (κ1) is 19.5. The van der Waals surface area contributed by atoms with Crippen molar-refractivity contribution in [1.82, 2.24) is 19.8 Å². The summed E-state index contributed by atoms with van der Waals surface area (Å²) in [7, 11) is 0. The van der Waals surface area contributed by atoms with Gasteiger partial charge in [0.15, 0.2) is 0 Å². The van der Waals surface area contributed by atoms with Crippen molar-refractivity contribution >= 4 is 30.3 Å². The zero-order chi connectivity index (χ0) is 17.6. The number of carbonyl (C=O) groups is 3. The second-order valence-corrected chi connectivity index (χ2v) is 5.69. The van der Waals surface area contributed by atoms with Crippen molar-refractivity contribution in [2.24, 2.45) is 0 Å². The van der Waals surface area contributed by atoms with Gasteiger partial charge in [-0.05, 0) is 24.3 Å². The molecule has 0 saturated carbocycles. The van der Waals surface area contributed by atoms with Crippen molar-refractivity contribution in [1.29, 1.82) is 0 Å². The maximum Gasteiger partial charge on any atom is 0.333 e. The fourth-order valence-corrected chi connectivity index (χ4v) is 2.66. The van der Waals surface area contributed by atoms with Gasteiger partial charge in [0.2, 0.25) is 11.8 Å². The second kappa shape index (κ2) is 9.05. The average molecular weight is 375 g/mol. The Kier molecular flexibility index (Phi) is 6.80. The fourth-order valence-electron chi connectivity index (χ4n) is 2.66. The summed E-state index contributed by atoms with van der Waals surface area (Å²) in [6.45, 7) is 0.421. The molecule has 1 fully saturated rings. The Hall–Kier alpha value is -2.80. The summed E-state index contributed by atoms with van der Waals surface area (Å²) in [5, 5.41) is 0. The number of nitrogens with zero attached hydrogens (tertiary/aromatic N) is 4. The molecule has 26 heavy (non-hydrogen) atoms. The van der Waals surface area contributed by atoms with E-state index in [4.69, 9.17) is 0 Å². The maximum absolute atomic E-state index is 12.6. The molecule has 1 aliphatic rings. The van der Waals surface area contributed by atoms with Crippen molar-refractivity contribution in [3.8, 4) is 0 Å². The predicted octanol–water partition coefficient (Wildman–Crippen LogP) is 1.86. The van der Waals surface area contributed by atoms with Gasteiger partial charge < -0.3 is 0 Å². The molecule has 0 bridgehead atoms. The third kappa shape index (κ3) is 4.64. The Balaban J connectivity index is 0.00000243. The minimum atomic E-state index is -0.562. The van der Waals surface area contributed by atoms with Gasteiger partial charge in [-0.15, -0.1) is 12.4 Å². The Morgan fingerprint density at radius 2 is 1.23 bits per heavy atom. The molecule has 1 aliphatic heterocycles. The van der Waals surface area contributed by atoms with Gasteiger partial charge in [-0.3, -0.25) is 29.4 Å². The average Bonchev–Trinajstić information content (AvgIpc) is 2.63. The molecule has 2 aromatic heterocycles. The topological polar surface area (TPSA) is 83.5 Å². The van der Waals surface area contributed by atoms with Gasteiger partial charge >= 0.3 is 6.03 Å². The lowest BCUT2D eigenvalue weighted by Gasteiger charge is -2.32. The van der Waals surface area contributed by atoms with Crippen molar-refractivity contribution in [2.75, 3.05) is 13.1 Å².